The summed E-state index contributed by atoms with van der Waals surface area (Å²) in [6.07, 6.45) is -1.10. The third kappa shape index (κ3) is 5.88. The minimum atomic E-state index is -4.81. The fourth-order valence-electron chi connectivity index (χ4n) is 4.55. The van der Waals surface area contributed by atoms with Gasteiger partial charge in [0, 0.05) is 30.9 Å². The van der Waals surface area contributed by atoms with Gasteiger partial charge in [-0.3, -0.25) is 4.98 Å². The number of benzene rings is 2. The largest absolute Gasteiger partial charge is 0.497 e. The number of fused-ring (bicyclic) bond motifs is 1. The molecule has 0 bridgehead atoms. The van der Waals surface area contributed by atoms with Crippen LogP contribution < -0.4 is 14.4 Å². The Bertz CT molecular complexity index is 1630. The maximum Gasteiger partial charge on any atom is 0.418 e. The lowest BCUT2D eigenvalue weighted by Gasteiger charge is -2.27. The third-order valence-corrected chi connectivity index (χ3v) is 6.59. The Labute approximate surface area is 233 Å². The van der Waals surface area contributed by atoms with Gasteiger partial charge < -0.3 is 14.4 Å². The van der Waals surface area contributed by atoms with E-state index in [1.54, 1.807) is 38.5 Å². The van der Waals surface area contributed by atoms with Gasteiger partial charge in [-0.25, -0.2) is 19.3 Å². The molecule has 0 fully saturated rings. The molecule has 210 valence electrons. The summed E-state index contributed by atoms with van der Waals surface area (Å²) in [6, 6.07) is 16.0. The van der Waals surface area contributed by atoms with Crippen molar-refractivity contribution in [2.24, 2.45) is 0 Å². The molecule has 41 heavy (non-hydrogen) atoms. The fraction of sp³-hybridized carbons (Fsp3) is 0.200. The number of alkyl halides is 3. The Balaban J connectivity index is 1.66. The molecular formula is C30H25F4N5O2. The molecule has 7 nitrogen and oxygen atoms in total. The molecule has 11 heteroatoms. The summed E-state index contributed by atoms with van der Waals surface area (Å²) in [6.45, 7) is 1.93. The van der Waals surface area contributed by atoms with E-state index >= 15 is 4.39 Å². The number of methoxy groups -OCH3 is 2. The molecule has 5 rings (SSSR count). The molecule has 0 radical (unpaired) electrons. The predicted molar refractivity (Wildman–Crippen MR) is 146 cm³/mol. The number of hydrogen-bond acceptors (Lipinski definition) is 7. The number of ether oxygens (including phenoxy) is 2. The van der Waals surface area contributed by atoms with Crippen LogP contribution in [0.5, 0.6) is 11.5 Å². The first kappa shape index (κ1) is 27.8. The molecule has 0 unspecified atom stereocenters. The second kappa shape index (κ2) is 11.4. The summed E-state index contributed by atoms with van der Waals surface area (Å²) in [5.41, 5.74) is -0.733. The van der Waals surface area contributed by atoms with Crippen LogP contribution in [0.25, 0.3) is 22.3 Å². The quantitative estimate of drug-likeness (QED) is 0.193. The first-order valence-electron chi connectivity index (χ1n) is 12.5. The first-order valence-corrected chi connectivity index (χ1v) is 12.5. The van der Waals surface area contributed by atoms with Crippen molar-refractivity contribution in [3.05, 3.63) is 101 Å². The van der Waals surface area contributed by atoms with Crippen LogP contribution in [-0.2, 0) is 19.3 Å². The van der Waals surface area contributed by atoms with Gasteiger partial charge in [-0.1, -0.05) is 24.3 Å². The zero-order valence-electron chi connectivity index (χ0n) is 22.4. The van der Waals surface area contributed by atoms with E-state index in [2.05, 4.69) is 19.9 Å². The second-order valence-electron chi connectivity index (χ2n) is 9.32. The molecule has 0 saturated carbocycles. The van der Waals surface area contributed by atoms with Crippen LogP contribution in [0.3, 0.4) is 0 Å². The van der Waals surface area contributed by atoms with Crippen molar-refractivity contribution in [3.8, 4) is 22.9 Å². The van der Waals surface area contributed by atoms with Crippen LogP contribution in [-0.4, -0.2) is 34.2 Å². The standard InChI is InChI=1S/C30H25F4N5O2/c1-18-12-24(38-28(25(18)30(32,33)34)29-26(31)27-21(14-36-29)13-35-17-37-27)39(15-19-4-8-22(40-2)9-5-19)16-20-6-10-23(41-3)11-7-20/h4-14,17H,15-16H2,1-3H3. The van der Waals surface area contributed by atoms with Crippen LogP contribution in [0.15, 0.2) is 73.3 Å². The minimum Gasteiger partial charge on any atom is -0.497 e. The molecule has 0 aliphatic carbocycles. The molecule has 0 aliphatic rings. The Kier molecular flexibility index (Phi) is 7.69. The lowest BCUT2D eigenvalue weighted by molar-refractivity contribution is -0.137. The van der Waals surface area contributed by atoms with Crippen LogP contribution in [0.1, 0.15) is 22.3 Å². The van der Waals surface area contributed by atoms with E-state index in [9.17, 15) is 13.2 Å². The van der Waals surface area contributed by atoms with Gasteiger partial charge in [0.2, 0.25) is 0 Å². The van der Waals surface area contributed by atoms with E-state index in [0.717, 1.165) is 17.5 Å². The van der Waals surface area contributed by atoms with Crippen molar-refractivity contribution >= 4 is 16.7 Å². The summed E-state index contributed by atoms with van der Waals surface area (Å²) in [5.74, 6) is 0.559. The van der Waals surface area contributed by atoms with Crippen molar-refractivity contribution in [1.29, 1.82) is 0 Å². The smallest absolute Gasteiger partial charge is 0.418 e. The Morgan fingerprint density at radius 3 is 1.93 bits per heavy atom. The van der Waals surface area contributed by atoms with E-state index in [0.29, 0.717) is 24.6 Å². The maximum absolute atomic E-state index is 15.6. The third-order valence-electron chi connectivity index (χ3n) is 6.59. The molecule has 0 amide bonds. The van der Waals surface area contributed by atoms with E-state index in [-0.39, 0.29) is 22.3 Å². The van der Waals surface area contributed by atoms with Gasteiger partial charge in [0.1, 0.15) is 40.5 Å². The van der Waals surface area contributed by atoms with Gasteiger partial charge in [0.05, 0.1) is 19.8 Å². The highest BCUT2D eigenvalue weighted by Crippen LogP contribution is 2.41. The topological polar surface area (TPSA) is 73.3 Å². The lowest BCUT2D eigenvalue weighted by atomic mass is 10.0. The number of hydrogen-bond donors (Lipinski definition) is 0. The molecule has 0 spiro atoms. The monoisotopic (exact) mass is 563 g/mol. The average molecular weight is 564 g/mol. The zero-order valence-corrected chi connectivity index (χ0v) is 22.4. The number of pyridine rings is 2. The van der Waals surface area contributed by atoms with Crippen LogP contribution >= 0.6 is 0 Å². The molecule has 3 heterocycles. The predicted octanol–water partition coefficient (Wildman–Crippen LogP) is 6.78. The summed E-state index contributed by atoms with van der Waals surface area (Å²) in [5, 5.41) is 0.260. The fourth-order valence-corrected chi connectivity index (χ4v) is 4.55. The highest BCUT2D eigenvalue weighted by molar-refractivity contribution is 5.82. The first-order chi connectivity index (χ1) is 19.7. The van der Waals surface area contributed by atoms with E-state index in [1.165, 1.54) is 25.4 Å². The number of halogens is 4. The van der Waals surface area contributed by atoms with E-state index < -0.39 is 28.9 Å². The lowest BCUT2D eigenvalue weighted by Crippen LogP contribution is -2.24. The van der Waals surface area contributed by atoms with Gasteiger partial charge in [0.25, 0.3) is 0 Å². The average Bonchev–Trinajstić information content (AvgIpc) is 2.97. The van der Waals surface area contributed by atoms with Gasteiger partial charge in [0.15, 0.2) is 5.82 Å². The van der Waals surface area contributed by atoms with Gasteiger partial charge >= 0.3 is 6.18 Å². The molecule has 0 aliphatic heterocycles. The van der Waals surface area contributed by atoms with E-state index in [4.69, 9.17) is 9.47 Å². The Morgan fingerprint density at radius 2 is 1.39 bits per heavy atom. The van der Waals surface area contributed by atoms with Crippen LogP contribution in [0.2, 0.25) is 0 Å². The normalized spacial score (nSPS) is 11.5. The summed E-state index contributed by atoms with van der Waals surface area (Å²) >= 11 is 0. The number of rotatable bonds is 8. The Hall–Kier alpha value is -4.80. The maximum atomic E-state index is 15.6. The summed E-state index contributed by atoms with van der Waals surface area (Å²) in [4.78, 5) is 18.0. The molecule has 0 N–H and O–H groups in total. The number of nitrogens with zero attached hydrogens (tertiary/aromatic N) is 5. The van der Waals surface area contributed by atoms with Gasteiger partial charge in [-0.2, -0.15) is 13.2 Å². The second-order valence-corrected chi connectivity index (χ2v) is 9.32. The highest BCUT2D eigenvalue weighted by atomic mass is 19.4. The Morgan fingerprint density at radius 1 is 0.805 bits per heavy atom. The highest BCUT2D eigenvalue weighted by Gasteiger charge is 2.38. The van der Waals surface area contributed by atoms with Crippen molar-refractivity contribution in [1.82, 2.24) is 19.9 Å². The number of anilines is 1. The summed E-state index contributed by atoms with van der Waals surface area (Å²) < 4.78 is 69.2. The number of aryl methyl sites for hydroxylation is 1. The van der Waals surface area contributed by atoms with Crippen molar-refractivity contribution in [2.75, 3.05) is 19.1 Å². The number of aromatic nitrogens is 4. The SMILES string of the molecule is COc1ccc(CN(Cc2ccc(OC)cc2)c2cc(C)c(C(F)(F)F)c(-c3ncc4cncnc4c3F)n2)cc1. The molecular weight excluding hydrogens is 538 g/mol. The van der Waals surface area contributed by atoms with Crippen LogP contribution in [0, 0.1) is 12.7 Å². The summed E-state index contributed by atoms with van der Waals surface area (Å²) in [7, 11) is 3.13. The van der Waals surface area contributed by atoms with Gasteiger partial charge in [-0.05, 0) is 53.9 Å². The molecule has 3 aromatic heterocycles. The minimum absolute atomic E-state index is 0.115. The van der Waals surface area contributed by atoms with E-state index in [1.807, 2.05) is 29.2 Å². The van der Waals surface area contributed by atoms with Crippen molar-refractivity contribution < 1.29 is 27.0 Å². The van der Waals surface area contributed by atoms with Crippen LogP contribution in [0.4, 0.5) is 23.4 Å². The molecule has 5 aromatic rings. The van der Waals surface area contributed by atoms with Crippen molar-refractivity contribution in [2.45, 2.75) is 26.2 Å². The zero-order chi connectivity index (χ0) is 29.1. The van der Waals surface area contributed by atoms with Crippen molar-refractivity contribution in [3.63, 3.8) is 0 Å². The molecule has 0 saturated heterocycles. The van der Waals surface area contributed by atoms with Gasteiger partial charge in [-0.15, -0.1) is 0 Å². The molecule has 2 aromatic carbocycles. The molecule has 0 atom stereocenters.